The van der Waals surface area contributed by atoms with Gasteiger partial charge in [-0.3, -0.25) is 9.78 Å². The summed E-state index contributed by atoms with van der Waals surface area (Å²) in [6, 6.07) is 13.4. The zero-order valence-electron chi connectivity index (χ0n) is 12.5. The van der Waals surface area contributed by atoms with E-state index in [1.165, 1.54) is 0 Å². The van der Waals surface area contributed by atoms with Crippen LogP contribution in [0.4, 0.5) is 0 Å². The molecule has 3 rings (SSSR count). The molecular formula is C18H20N2O2. The monoisotopic (exact) mass is 296 g/mol. The van der Waals surface area contributed by atoms with Gasteiger partial charge in [-0.1, -0.05) is 18.2 Å². The van der Waals surface area contributed by atoms with Gasteiger partial charge in [0.1, 0.15) is 5.75 Å². The molecule has 1 fully saturated rings. The molecule has 1 aliphatic rings. The molecule has 1 saturated heterocycles. The van der Waals surface area contributed by atoms with Crippen molar-refractivity contribution < 1.29 is 9.53 Å². The van der Waals surface area contributed by atoms with Gasteiger partial charge in [0, 0.05) is 37.0 Å². The average molecular weight is 296 g/mol. The second-order valence-electron chi connectivity index (χ2n) is 5.62. The molecule has 4 nitrogen and oxygen atoms in total. The van der Waals surface area contributed by atoms with Crippen molar-refractivity contribution in [3.8, 4) is 5.75 Å². The molecule has 22 heavy (non-hydrogen) atoms. The summed E-state index contributed by atoms with van der Waals surface area (Å²) in [4.78, 5) is 18.4. The van der Waals surface area contributed by atoms with Gasteiger partial charge in [0.25, 0.3) is 5.91 Å². The van der Waals surface area contributed by atoms with Crippen LogP contribution in [0.3, 0.4) is 0 Å². The number of ether oxygens (including phenoxy) is 1. The fourth-order valence-electron chi connectivity index (χ4n) is 2.79. The van der Waals surface area contributed by atoms with Crippen LogP contribution in [0, 0.1) is 5.92 Å². The highest BCUT2D eigenvalue weighted by molar-refractivity contribution is 5.94. The van der Waals surface area contributed by atoms with Crippen LogP contribution < -0.4 is 4.74 Å². The van der Waals surface area contributed by atoms with Crippen molar-refractivity contribution in [1.29, 1.82) is 0 Å². The molecule has 1 aromatic carbocycles. The molecule has 2 heterocycles. The van der Waals surface area contributed by atoms with Crippen molar-refractivity contribution in [2.75, 3.05) is 19.7 Å². The Morgan fingerprint density at radius 2 is 1.95 bits per heavy atom. The highest BCUT2D eigenvalue weighted by Crippen LogP contribution is 2.20. The van der Waals surface area contributed by atoms with E-state index in [2.05, 4.69) is 4.98 Å². The lowest BCUT2D eigenvalue weighted by molar-refractivity contribution is 0.0633. The number of hydrogen-bond acceptors (Lipinski definition) is 3. The van der Waals surface area contributed by atoms with Gasteiger partial charge in [-0.15, -0.1) is 0 Å². The molecule has 1 amide bonds. The number of amides is 1. The average Bonchev–Trinajstić information content (AvgIpc) is 2.61. The van der Waals surface area contributed by atoms with Crippen molar-refractivity contribution in [3.63, 3.8) is 0 Å². The standard InChI is InChI=1S/C18H20N2O2/c21-18(16-8-10-19-11-9-16)20-12-4-5-15(13-20)14-22-17-6-2-1-3-7-17/h1-3,6-11,15H,4-5,12-14H2. The molecule has 0 aliphatic carbocycles. The first-order valence-corrected chi connectivity index (χ1v) is 7.70. The molecule has 0 spiro atoms. The lowest BCUT2D eigenvalue weighted by atomic mass is 9.98. The first-order valence-electron chi connectivity index (χ1n) is 7.70. The first-order chi connectivity index (χ1) is 10.8. The van der Waals surface area contributed by atoms with E-state index in [4.69, 9.17) is 4.74 Å². The maximum atomic E-state index is 12.5. The zero-order chi connectivity index (χ0) is 15.2. The van der Waals surface area contributed by atoms with Gasteiger partial charge in [0.15, 0.2) is 0 Å². The molecular weight excluding hydrogens is 276 g/mol. The summed E-state index contributed by atoms with van der Waals surface area (Å²) in [5.74, 6) is 1.37. The van der Waals surface area contributed by atoms with Crippen molar-refractivity contribution >= 4 is 5.91 Å². The fraction of sp³-hybridized carbons (Fsp3) is 0.333. The van der Waals surface area contributed by atoms with Gasteiger partial charge < -0.3 is 9.64 Å². The number of pyridine rings is 1. The normalized spacial score (nSPS) is 18.0. The van der Waals surface area contributed by atoms with Crippen LogP contribution in [-0.2, 0) is 0 Å². The minimum absolute atomic E-state index is 0.0896. The molecule has 0 radical (unpaired) electrons. The maximum Gasteiger partial charge on any atom is 0.253 e. The highest BCUT2D eigenvalue weighted by Gasteiger charge is 2.24. The number of likely N-dealkylation sites (tertiary alicyclic amines) is 1. The number of hydrogen-bond donors (Lipinski definition) is 0. The summed E-state index contributed by atoms with van der Waals surface area (Å²) in [7, 11) is 0. The number of carbonyl (C=O) groups excluding carboxylic acids is 1. The smallest absolute Gasteiger partial charge is 0.253 e. The van der Waals surface area contributed by atoms with Crippen molar-refractivity contribution in [3.05, 3.63) is 60.4 Å². The Kier molecular flexibility index (Phi) is 4.68. The molecule has 114 valence electrons. The summed E-state index contributed by atoms with van der Waals surface area (Å²) in [6.07, 6.45) is 5.45. The Morgan fingerprint density at radius 1 is 1.18 bits per heavy atom. The van der Waals surface area contributed by atoms with Crippen LogP contribution in [-0.4, -0.2) is 35.5 Å². The maximum absolute atomic E-state index is 12.5. The van der Waals surface area contributed by atoms with Crippen LogP contribution in [0.25, 0.3) is 0 Å². The van der Waals surface area contributed by atoms with Gasteiger partial charge in [0.2, 0.25) is 0 Å². The minimum atomic E-state index is 0.0896. The second kappa shape index (κ2) is 7.07. The van der Waals surface area contributed by atoms with E-state index < -0.39 is 0 Å². The Hall–Kier alpha value is -2.36. The van der Waals surface area contributed by atoms with Crippen LogP contribution in [0.5, 0.6) is 5.75 Å². The van der Waals surface area contributed by atoms with Crippen molar-refractivity contribution in [2.45, 2.75) is 12.8 Å². The predicted molar refractivity (Wildman–Crippen MR) is 84.8 cm³/mol. The molecule has 1 atom stereocenters. The van der Waals surface area contributed by atoms with E-state index in [1.807, 2.05) is 35.2 Å². The largest absolute Gasteiger partial charge is 0.493 e. The molecule has 1 unspecified atom stereocenters. The lowest BCUT2D eigenvalue weighted by Gasteiger charge is -2.32. The number of rotatable bonds is 4. The molecule has 4 heteroatoms. The summed E-state index contributed by atoms with van der Waals surface area (Å²) < 4.78 is 5.83. The fourth-order valence-corrected chi connectivity index (χ4v) is 2.79. The molecule has 0 saturated carbocycles. The third-order valence-corrected chi connectivity index (χ3v) is 3.96. The highest BCUT2D eigenvalue weighted by atomic mass is 16.5. The Labute approximate surface area is 130 Å². The van der Waals surface area contributed by atoms with E-state index >= 15 is 0 Å². The van der Waals surface area contributed by atoms with Crippen LogP contribution >= 0.6 is 0 Å². The molecule has 1 aromatic heterocycles. The van der Waals surface area contributed by atoms with Gasteiger partial charge in [-0.25, -0.2) is 0 Å². The lowest BCUT2D eigenvalue weighted by Crippen LogP contribution is -2.41. The van der Waals surface area contributed by atoms with Crippen LogP contribution in [0.15, 0.2) is 54.9 Å². The van der Waals surface area contributed by atoms with E-state index in [9.17, 15) is 4.79 Å². The Balaban J connectivity index is 1.56. The van der Waals surface area contributed by atoms with E-state index in [0.717, 1.165) is 31.7 Å². The summed E-state index contributed by atoms with van der Waals surface area (Å²) in [6.45, 7) is 2.24. The Bertz CT molecular complexity index is 601. The number of para-hydroxylation sites is 1. The minimum Gasteiger partial charge on any atom is -0.493 e. The summed E-state index contributed by atoms with van der Waals surface area (Å²) >= 11 is 0. The number of carbonyl (C=O) groups is 1. The quantitative estimate of drug-likeness (QED) is 0.871. The number of benzene rings is 1. The molecule has 0 bridgehead atoms. The molecule has 2 aromatic rings. The van der Waals surface area contributed by atoms with Gasteiger partial charge in [-0.2, -0.15) is 0 Å². The van der Waals surface area contributed by atoms with Crippen molar-refractivity contribution in [2.24, 2.45) is 5.92 Å². The summed E-state index contributed by atoms with van der Waals surface area (Å²) in [5, 5.41) is 0. The SMILES string of the molecule is O=C(c1ccncc1)N1CCCC(COc2ccccc2)C1. The second-order valence-corrected chi connectivity index (χ2v) is 5.62. The van der Waals surface area contributed by atoms with E-state index in [-0.39, 0.29) is 5.91 Å². The third kappa shape index (κ3) is 3.64. The van der Waals surface area contributed by atoms with Crippen LogP contribution in [0.1, 0.15) is 23.2 Å². The Morgan fingerprint density at radius 3 is 2.73 bits per heavy atom. The van der Waals surface area contributed by atoms with Gasteiger partial charge in [0.05, 0.1) is 6.61 Å². The number of nitrogens with zero attached hydrogens (tertiary/aromatic N) is 2. The molecule has 0 N–H and O–H groups in total. The van der Waals surface area contributed by atoms with Gasteiger partial charge >= 0.3 is 0 Å². The van der Waals surface area contributed by atoms with Crippen molar-refractivity contribution in [1.82, 2.24) is 9.88 Å². The van der Waals surface area contributed by atoms with Gasteiger partial charge in [-0.05, 0) is 37.1 Å². The first kappa shape index (κ1) is 14.6. The number of aromatic nitrogens is 1. The van der Waals surface area contributed by atoms with E-state index in [0.29, 0.717) is 18.1 Å². The molecule has 1 aliphatic heterocycles. The van der Waals surface area contributed by atoms with Crippen LogP contribution in [0.2, 0.25) is 0 Å². The van der Waals surface area contributed by atoms with E-state index in [1.54, 1.807) is 24.5 Å². The summed E-state index contributed by atoms with van der Waals surface area (Å²) in [5.41, 5.74) is 0.708. The zero-order valence-corrected chi connectivity index (χ0v) is 12.5. The third-order valence-electron chi connectivity index (χ3n) is 3.96. The number of piperidine rings is 1. The predicted octanol–water partition coefficient (Wildman–Crippen LogP) is 3.01. The topological polar surface area (TPSA) is 42.4 Å².